The van der Waals surface area contributed by atoms with Gasteiger partial charge in [-0.25, -0.2) is 0 Å². The quantitative estimate of drug-likeness (QED) is 0.309. The first kappa shape index (κ1) is 21.7. The van der Waals surface area contributed by atoms with Crippen LogP contribution in [-0.2, 0) is 9.59 Å². The maximum atomic E-state index is 13.2. The average molecular weight is 433 g/mol. The van der Waals surface area contributed by atoms with Crippen molar-refractivity contribution in [1.82, 2.24) is 9.88 Å². The van der Waals surface area contributed by atoms with Crippen LogP contribution < -0.4 is 4.74 Å². The number of carbonyl (C=O) groups excluding carboxylic acids is 2. The number of aryl methyl sites for hydroxylation is 1. The van der Waals surface area contributed by atoms with Gasteiger partial charge in [0.15, 0.2) is 0 Å². The van der Waals surface area contributed by atoms with Gasteiger partial charge in [0.1, 0.15) is 11.5 Å². The predicted octanol–water partition coefficient (Wildman–Crippen LogP) is 5.10. The number of aromatic amines is 1. The van der Waals surface area contributed by atoms with Gasteiger partial charge in [-0.15, -0.1) is 0 Å². The van der Waals surface area contributed by atoms with Gasteiger partial charge in [-0.2, -0.15) is 0 Å². The number of rotatable bonds is 7. The number of Topliss-reactive ketones (excluding diaryl/α,β-unsaturated/α-hetero) is 1. The topological polar surface area (TPSA) is 82.6 Å². The molecule has 4 rings (SSSR count). The first-order chi connectivity index (χ1) is 15.5. The van der Waals surface area contributed by atoms with Crippen molar-refractivity contribution in [1.29, 1.82) is 0 Å². The number of hydrogen-bond acceptors (Lipinski definition) is 4. The number of carbonyl (C=O) groups is 2. The fourth-order valence-corrected chi connectivity index (χ4v) is 4.41. The van der Waals surface area contributed by atoms with Crippen LogP contribution in [-0.4, -0.2) is 39.8 Å². The molecule has 2 heterocycles. The highest BCUT2D eigenvalue weighted by Crippen LogP contribution is 2.43. The molecule has 32 heavy (non-hydrogen) atoms. The normalized spacial score (nSPS) is 18.0. The number of aromatic nitrogens is 1. The molecule has 0 spiro atoms. The zero-order chi connectivity index (χ0) is 22.8. The van der Waals surface area contributed by atoms with Crippen LogP contribution in [0, 0.1) is 6.92 Å². The largest absolute Gasteiger partial charge is 0.507 e. The third-order valence-corrected chi connectivity index (χ3v) is 5.80. The number of para-hydroxylation sites is 1. The second-order valence-electron chi connectivity index (χ2n) is 8.08. The van der Waals surface area contributed by atoms with Gasteiger partial charge in [-0.05, 0) is 38.0 Å². The van der Waals surface area contributed by atoms with E-state index in [9.17, 15) is 14.7 Å². The van der Waals surface area contributed by atoms with Crippen LogP contribution in [0.3, 0.4) is 0 Å². The minimum atomic E-state index is -0.662. The van der Waals surface area contributed by atoms with Crippen molar-refractivity contribution >= 4 is 28.4 Å². The summed E-state index contributed by atoms with van der Waals surface area (Å²) >= 11 is 0. The van der Waals surface area contributed by atoms with Crippen molar-refractivity contribution in [3.05, 3.63) is 70.9 Å². The number of ether oxygens (including phenoxy) is 1. The zero-order valence-electron chi connectivity index (χ0n) is 18.6. The van der Waals surface area contributed by atoms with Crippen molar-refractivity contribution in [3.63, 3.8) is 0 Å². The summed E-state index contributed by atoms with van der Waals surface area (Å²) < 4.78 is 5.69. The number of nitrogens with zero attached hydrogens (tertiary/aromatic N) is 1. The molecule has 1 aromatic heterocycles. The third-order valence-electron chi connectivity index (χ3n) is 5.80. The molecule has 6 nitrogen and oxygen atoms in total. The molecule has 0 bridgehead atoms. The number of hydrogen-bond donors (Lipinski definition) is 2. The van der Waals surface area contributed by atoms with Gasteiger partial charge in [0.25, 0.3) is 11.7 Å². The lowest BCUT2D eigenvalue weighted by atomic mass is 9.93. The van der Waals surface area contributed by atoms with Gasteiger partial charge in [0.05, 0.1) is 18.2 Å². The van der Waals surface area contributed by atoms with Crippen LogP contribution in [0.4, 0.5) is 0 Å². The van der Waals surface area contributed by atoms with E-state index in [2.05, 4.69) is 4.98 Å². The Balaban J connectivity index is 1.91. The summed E-state index contributed by atoms with van der Waals surface area (Å²) in [5.41, 5.74) is 3.20. The van der Waals surface area contributed by atoms with Gasteiger partial charge < -0.3 is 19.7 Å². The Kier molecular flexibility index (Phi) is 6.04. The van der Waals surface area contributed by atoms with Crippen LogP contribution in [0.5, 0.6) is 5.75 Å². The molecule has 166 valence electrons. The van der Waals surface area contributed by atoms with Gasteiger partial charge in [-0.3, -0.25) is 9.59 Å². The number of H-pyrrole nitrogens is 1. The lowest BCUT2D eigenvalue weighted by molar-refractivity contribution is -0.139. The summed E-state index contributed by atoms with van der Waals surface area (Å²) in [6, 6.07) is 14.2. The van der Waals surface area contributed by atoms with Crippen molar-refractivity contribution in [2.75, 3.05) is 13.2 Å². The zero-order valence-corrected chi connectivity index (χ0v) is 18.6. The van der Waals surface area contributed by atoms with Crippen LogP contribution >= 0.6 is 0 Å². The third kappa shape index (κ3) is 3.66. The smallest absolute Gasteiger partial charge is 0.295 e. The molecular formula is C26H28N2O4. The molecule has 0 aliphatic carbocycles. The molecule has 6 heteroatoms. The Morgan fingerprint density at radius 2 is 1.88 bits per heavy atom. The van der Waals surface area contributed by atoms with Crippen molar-refractivity contribution in [2.45, 2.75) is 39.7 Å². The Labute approximate surface area is 187 Å². The van der Waals surface area contributed by atoms with E-state index in [0.29, 0.717) is 30.9 Å². The summed E-state index contributed by atoms with van der Waals surface area (Å²) in [7, 11) is 0. The second kappa shape index (κ2) is 8.91. The van der Waals surface area contributed by atoms with E-state index in [4.69, 9.17) is 4.74 Å². The van der Waals surface area contributed by atoms with Crippen molar-refractivity contribution in [3.8, 4) is 5.75 Å². The molecule has 0 saturated carbocycles. The molecule has 2 N–H and O–H groups in total. The van der Waals surface area contributed by atoms with E-state index < -0.39 is 17.7 Å². The minimum Gasteiger partial charge on any atom is -0.507 e. The van der Waals surface area contributed by atoms with Crippen LogP contribution in [0.15, 0.2) is 54.1 Å². The highest BCUT2D eigenvalue weighted by Gasteiger charge is 2.47. The highest BCUT2D eigenvalue weighted by molar-refractivity contribution is 6.46. The van der Waals surface area contributed by atoms with Crippen molar-refractivity contribution in [2.24, 2.45) is 0 Å². The monoisotopic (exact) mass is 432 g/mol. The van der Waals surface area contributed by atoms with Gasteiger partial charge in [-0.1, -0.05) is 44.2 Å². The number of benzene rings is 2. The Morgan fingerprint density at radius 1 is 1.09 bits per heavy atom. The summed E-state index contributed by atoms with van der Waals surface area (Å²) in [5, 5.41) is 12.2. The van der Waals surface area contributed by atoms with Gasteiger partial charge in [0.2, 0.25) is 0 Å². The maximum Gasteiger partial charge on any atom is 0.295 e. The molecular weight excluding hydrogens is 404 g/mol. The van der Waals surface area contributed by atoms with E-state index in [1.807, 2.05) is 51.1 Å². The summed E-state index contributed by atoms with van der Waals surface area (Å²) in [6.07, 6.45) is 1.56. The number of likely N-dealkylation sites (tertiary alicyclic amines) is 1. The molecule has 3 aromatic rings. The molecule has 1 aliphatic heterocycles. The van der Waals surface area contributed by atoms with E-state index in [-0.39, 0.29) is 11.3 Å². The van der Waals surface area contributed by atoms with Crippen LogP contribution in [0.1, 0.15) is 49.6 Å². The average Bonchev–Trinajstić information content (AvgIpc) is 3.25. The van der Waals surface area contributed by atoms with Gasteiger partial charge in [0, 0.05) is 34.3 Å². The standard InChI is InChI=1S/C26H28N2O4/c1-4-13-28-23(21-16(3)27-20-12-7-6-11-19(20)21)22(25(30)26(28)31)24(29)17-9-8-10-18(15-17)32-14-5-2/h6-12,15,23,27,29H,4-5,13-14H2,1-3H3/b24-22+. The predicted molar refractivity (Wildman–Crippen MR) is 125 cm³/mol. The summed E-state index contributed by atoms with van der Waals surface area (Å²) in [4.78, 5) is 31.1. The lowest BCUT2D eigenvalue weighted by Crippen LogP contribution is -2.30. The molecule has 1 fully saturated rings. The first-order valence-corrected chi connectivity index (χ1v) is 11.1. The molecule has 2 aromatic carbocycles. The second-order valence-corrected chi connectivity index (χ2v) is 8.08. The molecule has 1 aliphatic rings. The number of amides is 1. The molecule has 0 radical (unpaired) electrons. The Morgan fingerprint density at radius 3 is 2.62 bits per heavy atom. The number of ketones is 1. The number of aliphatic hydroxyl groups is 1. The molecule has 1 saturated heterocycles. The fourth-order valence-electron chi connectivity index (χ4n) is 4.41. The summed E-state index contributed by atoms with van der Waals surface area (Å²) in [6.45, 7) is 6.89. The number of aliphatic hydroxyl groups excluding tert-OH is 1. The summed E-state index contributed by atoms with van der Waals surface area (Å²) in [5.74, 6) is -0.816. The van der Waals surface area contributed by atoms with Crippen LogP contribution in [0.25, 0.3) is 16.7 Å². The maximum absolute atomic E-state index is 13.2. The van der Waals surface area contributed by atoms with E-state index >= 15 is 0 Å². The first-order valence-electron chi connectivity index (χ1n) is 11.1. The van der Waals surface area contributed by atoms with E-state index in [0.717, 1.165) is 28.6 Å². The Bertz CT molecular complexity index is 1210. The minimum absolute atomic E-state index is 0.115. The number of nitrogens with one attached hydrogen (secondary N) is 1. The van der Waals surface area contributed by atoms with Crippen molar-refractivity contribution < 1.29 is 19.4 Å². The van der Waals surface area contributed by atoms with Gasteiger partial charge >= 0.3 is 0 Å². The number of fused-ring (bicyclic) bond motifs is 1. The Hall–Kier alpha value is -3.54. The molecule has 1 unspecified atom stereocenters. The van der Waals surface area contributed by atoms with Crippen LogP contribution in [0.2, 0.25) is 0 Å². The molecule has 1 amide bonds. The van der Waals surface area contributed by atoms with E-state index in [1.54, 1.807) is 23.1 Å². The SMILES string of the molecule is CCCOc1cccc(/C(O)=C2\C(=O)C(=O)N(CCC)C2c2c(C)[nH]c3ccccc23)c1. The molecule has 1 atom stereocenters. The lowest BCUT2D eigenvalue weighted by Gasteiger charge is -2.25. The van der Waals surface area contributed by atoms with E-state index in [1.165, 1.54) is 0 Å². The fraction of sp³-hybridized carbons (Fsp3) is 0.308. The highest BCUT2D eigenvalue weighted by atomic mass is 16.5.